The summed E-state index contributed by atoms with van der Waals surface area (Å²) in [5, 5.41) is 14.8. The Labute approximate surface area is 211 Å². The first-order valence-electron chi connectivity index (χ1n) is 11.2. The van der Waals surface area contributed by atoms with Gasteiger partial charge in [0.05, 0.1) is 5.69 Å². The molecule has 0 aliphatic carbocycles. The number of hydrogen-bond donors (Lipinski definition) is 4. The molecule has 182 valence electrons. The van der Waals surface area contributed by atoms with E-state index in [2.05, 4.69) is 41.3 Å². The normalized spacial score (nSPS) is 10.4. The maximum absolute atomic E-state index is 12.5. The van der Waals surface area contributed by atoms with Gasteiger partial charge in [0.15, 0.2) is 5.82 Å². The first-order chi connectivity index (χ1) is 18.1. The molecular formula is C26H21N9O2. The zero-order valence-electron chi connectivity index (χ0n) is 19.4. The third-order valence-corrected chi connectivity index (χ3v) is 5.04. The van der Waals surface area contributed by atoms with Crippen LogP contribution in [0.5, 0.6) is 0 Å². The Balaban J connectivity index is 1.40. The molecule has 0 atom stereocenters. The number of rotatable bonds is 6. The summed E-state index contributed by atoms with van der Waals surface area (Å²) in [5.41, 5.74) is 2.70. The monoisotopic (exact) mass is 491 g/mol. The van der Waals surface area contributed by atoms with Crippen molar-refractivity contribution in [3.63, 3.8) is 0 Å². The minimum absolute atomic E-state index is 0.0374. The van der Waals surface area contributed by atoms with Crippen molar-refractivity contribution >= 4 is 35.3 Å². The van der Waals surface area contributed by atoms with Crippen LogP contribution >= 0.6 is 0 Å². The molecule has 37 heavy (non-hydrogen) atoms. The van der Waals surface area contributed by atoms with Gasteiger partial charge in [0, 0.05) is 29.3 Å². The highest BCUT2D eigenvalue weighted by Crippen LogP contribution is 2.20. The second kappa shape index (κ2) is 10.8. The van der Waals surface area contributed by atoms with Gasteiger partial charge in [0.25, 0.3) is 0 Å². The first-order valence-corrected chi connectivity index (χ1v) is 11.2. The van der Waals surface area contributed by atoms with E-state index in [0.717, 1.165) is 5.69 Å². The number of nitrogens with one attached hydrogen (secondary N) is 4. The van der Waals surface area contributed by atoms with Crippen molar-refractivity contribution in [1.82, 2.24) is 24.7 Å². The van der Waals surface area contributed by atoms with Crippen molar-refractivity contribution in [2.24, 2.45) is 0 Å². The summed E-state index contributed by atoms with van der Waals surface area (Å²) in [4.78, 5) is 38.1. The van der Waals surface area contributed by atoms with Gasteiger partial charge in [-0.2, -0.15) is 20.1 Å². The van der Waals surface area contributed by atoms with Crippen LogP contribution in [0.3, 0.4) is 0 Å². The van der Waals surface area contributed by atoms with E-state index in [1.165, 1.54) is 0 Å². The molecule has 0 unspecified atom stereocenters. The molecule has 0 saturated carbocycles. The average molecular weight is 492 g/mol. The molecule has 2 heterocycles. The number of carbonyl (C=O) groups excluding carboxylic acids is 2. The number of urea groups is 2. The fraction of sp³-hybridized carbons (Fsp3) is 0. The zero-order valence-corrected chi connectivity index (χ0v) is 19.4. The van der Waals surface area contributed by atoms with Gasteiger partial charge in [-0.15, -0.1) is 0 Å². The Bertz CT molecular complexity index is 1420. The number of nitrogens with zero attached hydrogens (tertiary/aromatic N) is 5. The van der Waals surface area contributed by atoms with Crippen LogP contribution in [0.2, 0.25) is 0 Å². The number of amides is 4. The van der Waals surface area contributed by atoms with Gasteiger partial charge in [0.2, 0.25) is 11.9 Å². The van der Waals surface area contributed by atoms with Crippen molar-refractivity contribution in [2.45, 2.75) is 0 Å². The van der Waals surface area contributed by atoms with Gasteiger partial charge in [-0.3, -0.25) is 10.6 Å². The summed E-state index contributed by atoms with van der Waals surface area (Å²) in [6, 6.07) is 26.0. The lowest BCUT2D eigenvalue weighted by Crippen LogP contribution is -2.24. The number of carbonyl (C=O) groups is 2. The molecule has 0 aliphatic heterocycles. The minimum atomic E-state index is -0.544. The van der Waals surface area contributed by atoms with E-state index in [1.807, 2.05) is 48.7 Å². The summed E-state index contributed by atoms with van der Waals surface area (Å²) in [6.07, 6.45) is 3.52. The Morgan fingerprint density at radius 2 is 1.14 bits per heavy atom. The van der Waals surface area contributed by atoms with E-state index in [9.17, 15) is 9.59 Å². The smallest absolute Gasteiger partial charge is 0.308 e. The number of hydrogen-bond acceptors (Lipinski definition) is 6. The summed E-state index contributed by atoms with van der Waals surface area (Å²) in [7, 11) is 0. The molecule has 5 rings (SSSR count). The molecule has 0 aliphatic rings. The highest BCUT2D eigenvalue weighted by atomic mass is 16.2. The topological polar surface area (TPSA) is 139 Å². The number of benzene rings is 3. The van der Waals surface area contributed by atoms with E-state index in [-0.39, 0.29) is 17.7 Å². The third kappa shape index (κ3) is 6.11. The van der Waals surface area contributed by atoms with Crippen molar-refractivity contribution in [3.8, 4) is 17.1 Å². The molecule has 4 N–H and O–H groups in total. The van der Waals surface area contributed by atoms with Crippen molar-refractivity contribution in [3.05, 3.63) is 103 Å². The zero-order chi connectivity index (χ0) is 25.5. The minimum Gasteiger partial charge on any atom is -0.308 e. The van der Waals surface area contributed by atoms with Crippen LogP contribution in [0.15, 0.2) is 103 Å². The van der Waals surface area contributed by atoms with E-state index in [1.54, 1.807) is 59.4 Å². The van der Waals surface area contributed by atoms with E-state index in [4.69, 9.17) is 0 Å². The molecule has 0 saturated heterocycles. The van der Waals surface area contributed by atoms with Crippen molar-refractivity contribution in [2.75, 3.05) is 21.3 Å². The molecular weight excluding hydrogens is 470 g/mol. The van der Waals surface area contributed by atoms with Gasteiger partial charge >= 0.3 is 12.1 Å². The molecule has 5 aromatic rings. The predicted octanol–water partition coefficient (Wildman–Crippen LogP) is 5.01. The third-order valence-electron chi connectivity index (χ3n) is 5.04. The summed E-state index contributed by atoms with van der Waals surface area (Å²) in [5.74, 6) is 0.182. The Kier molecular flexibility index (Phi) is 6.75. The maximum atomic E-state index is 12.5. The Morgan fingerprint density at radius 1 is 0.595 bits per heavy atom. The first kappa shape index (κ1) is 23.2. The molecule has 11 nitrogen and oxygen atoms in total. The van der Waals surface area contributed by atoms with Crippen molar-refractivity contribution < 1.29 is 9.59 Å². The van der Waals surface area contributed by atoms with E-state index in [0.29, 0.717) is 16.9 Å². The average Bonchev–Trinajstić information content (AvgIpc) is 3.45. The molecule has 3 aromatic carbocycles. The van der Waals surface area contributed by atoms with E-state index < -0.39 is 12.1 Å². The number of aromatic nitrogens is 5. The van der Waals surface area contributed by atoms with Crippen LogP contribution in [-0.2, 0) is 0 Å². The lowest BCUT2D eigenvalue weighted by Gasteiger charge is -2.11. The van der Waals surface area contributed by atoms with Crippen LogP contribution in [0.4, 0.5) is 32.9 Å². The van der Waals surface area contributed by atoms with Gasteiger partial charge in [-0.25, -0.2) is 14.3 Å². The standard InChI is InChI=1S/C26H21N9O2/c36-25(28-19-8-3-1-4-9-19)33-23-30-22(18-12-14-21(15-13-18)35-17-7-16-27-35)31-24(32-23)34-26(37)29-20-10-5-2-6-11-20/h1-17H,(H4,28,29,30,31,32,33,34,36,37). The van der Waals surface area contributed by atoms with Crippen LogP contribution in [0.1, 0.15) is 0 Å². The number of anilines is 4. The quantitative estimate of drug-likeness (QED) is 0.263. The summed E-state index contributed by atoms with van der Waals surface area (Å²) in [6.45, 7) is 0. The van der Waals surface area contributed by atoms with Crippen LogP contribution in [-0.4, -0.2) is 36.8 Å². The van der Waals surface area contributed by atoms with Gasteiger partial charge in [0.1, 0.15) is 0 Å². The van der Waals surface area contributed by atoms with Gasteiger partial charge in [-0.1, -0.05) is 36.4 Å². The summed E-state index contributed by atoms with van der Waals surface area (Å²) >= 11 is 0. The van der Waals surface area contributed by atoms with Gasteiger partial charge < -0.3 is 10.6 Å². The highest BCUT2D eigenvalue weighted by molar-refractivity contribution is 6.00. The second-order valence-electron chi connectivity index (χ2n) is 7.69. The molecule has 4 amide bonds. The van der Waals surface area contributed by atoms with Crippen LogP contribution in [0.25, 0.3) is 17.1 Å². The molecule has 2 aromatic heterocycles. The van der Waals surface area contributed by atoms with Crippen LogP contribution < -0.4 is 21.3 Å². The summed E-state index contributed by atoms with van der Waals surface area (Å²) < 4.78 is 1.72. The molecule has 0 fully saturated rings. The molecule has 0 spiro atoms. The predicted molar refractivity (Wildman–Crippen MR) is 141 cm³/mol. The highest BCUT2D eigenvalue weighted by Gasteiger charge is 2.14. The largest absolute Gasteiger partial charge is 0.326 e. The fourth-order valence-electron chi connectivity index (χ4n) is 3.37. The van der Waals surface area contributed by atoms with Gasteiger partial charge in [-0.05, 0) is 54.6 Å². The SMILES string of the molecule is O=C(Nc1ccccc1)Nc1nc(NC(=O)Nc2ccccc2)nc(-c2ccc(-n3cccn3)cc2)n1. The molecule has 0 radical (unpaired) electrons. The Morgan fingerprint density at radius 3 is 1.62 bits per heavy atom. The Hall–Kier alpha value is -5.58. The van der Waals surface area contributed by atoms with Crippen molar-refractivity contribution in [1.29, 1.82) is 0 Å². The fourth-order valence-corrected chi connectivity index (χ4v) is 3.37. The lowest BCUT2D eigenvalue weighted by molar-refractivity contribution is 0.261. The van der Waals surface area contributed by atoms with E-state index >= 15 is 0 Å². The molecule has 11 heteroatoms. The molecule has 0 bridgehead atoms. The maximum Gasteiger partial charge on any atom is 0.326 e. The lowest BCUT2D eigenvalue weighted by atomic mass is 10.2. The second-order valence-corrected chi connectivity index (χ2v) is 7.69. The number of para-hydroxylation sites is 2. The van der Waals surface area contributed by atoms with Crippen LogP contribution in [0, 0.1) is 0 Å².